The lowest BCUT2D eigenvalue weighted by Gasteiger charge is -2.14. The molecule has 0 amide bonds. The van der Waals surface area contributed by atoms with Gasteiger partial charge in [-0.05, 0) is 12.8 Å². The smallest absolute Gasteiger partial charge is 0.332 e. The quantitative estimate of drug-likeness (QED) is 0.392. The zero-order valence-electron chi connectivity index (χ0n) is 11.4. The molecule has 0 aliphatic carbocycles. The van der Waals surface area contributed by atoms with Crippen molar-refractivity contribution < 1.29 is 4.92 Å². The number of nitrogens with one attached hydrogen (secondary N) is 2. The van der Waals surface area contributed by atoms with E-state index in [1.54, 1.807) is 6.92 Å². The Morgan fingerprint density at radius 3 is 2.47 bits per heavy atom. The Hall–Kier alpha value is -1.96. The lowest BCUT2D eigenvalue weighted by atomic mass is 10.0. The van der Waals surface area contributed by atoms with Gasteiger partial charge in [-0.15, -0.1) is 0 Å². The average molecular weight is 268 g/mol. The summed E-state index contributed by atoms with van der Waals surface area (Å²) in [6, 6.07) is 0. The van der Waals surface area contributed by atoms with Crippen molar-refractivity contribution in [2.24, 2.45) is 11.8 Å². The van der Waals surface area contributed by atoms with Crippen LogP contribution in [0.2, 0.25) is 0 Å². The molecule has 0 atom stereocenters. The van der Waals surface area contributed by atoms with E-state index < -0.39 is 4.92 Å². The molecule has 4 N–H and O–H groups in total. The summed E-state index contributed by atoms with van der Waals surface area (Å²) >= 11 is 0. The lowest BCUT2D eigenvalue weighted by molar-refractivity contribution is -0.385. The summed E-state index contributed by atoms with van der Waals surface area (Å²) in [5.74, 6) is 6.07. The van der Waals surface area contributed by atoms with Gasteiger partial charge in [0, 0.05) is 6.54 Å². The van der Waals surface area contributed by atoms with Crippen LogP contribution in [0.3, 0.4) is 0 Å². The van der Waals surface area contributed by atoms with Crippen LogP contribution in [0, 0.1) is 23.0 Å². The first-order valence-corrected chi connectivity index (χ1v) is 6.26. The van der Waals surface area contributed by atoms with Crippen LogP contribution in [-0.2, 0) is 0 Å². The summed E-state index contributed by atoms with van der Waals surface area (Å²) in [5.41, 5.74) is 2.48. The van der Waals surface area contributed by atoms with Gasteiger partial charge in [0.05, 0.1) is 4.92 Å². The molecular formula is C11H20N6O2. The highest BCUT2D eigenvalue weighted by Gasteiger charge is 2.22. The Balaban J connectivity index is 3.02. The normalized spacial score (nSPS) is 10.6. The SMILES string of the molecule is CCC(CC)CNc1nc(NN)nc(C)c1[N+](=O)[O-]. The second-order valence-electron chi connectivity index (χ2n) is 4.29. The maximum absolute atomic E-state index is 11.1. The molecule has 1 aromatic heterocycles. The molecule has 0 fully saturated rings. The number of aromatic nitrogens is 2. The molecule has 0 saturated heterocycles. The van der Waals surface area contributed by atoms with Gasteiger partial charge in [0.15, 0.2) is 0 Å². The number of anilines is 2. The van der Waals surface area contributed by atoms with Crippen molar-refractivity contribution >= 4 is 17.5 Å². The molecule has 0 bridgehead atoms. The van der Waals surface area contributed by atoms with Crippen molar-refractivity contribution in [1.82, 2.24) is 9.97 Å². The molecule has 0 aliphatic heterocycles. The molecule has 1 rings (SSSR count). The van der Waals surface area contributed by atoms with Crippen molar-refractivity contribution in [2.45, 2.75) is 33.6 Å². The van der Waals surface area contributed by atoms with E-state index in [0.29, 0.717) is 12.5 Å². The van der Waals surface area contributed by atoms with Gasteiger partial charge >= 0.3 is 5.69 Å². The van der Waals surface area contributed by atoms with Crippen LogP contribution < -0.4 is 16.6 Å². The van der Waals surface area contributed by atoms with Crippen LogP contribution in [0.5, 0.6) is 0 Å². The molecular weight excluding hydrogens is 248 g/mol. The number of rotatable bonds is 7. The molecule has 0 unspecified atom stereocenters. The third-order valence-electron chi connectivity index (χ3n) is 3.08. The van der Waals surface area contributed by atoms with Gasteiger partial charge < -0.3 is 5.32 Å². The van der Waals surface area contributed by atoms with E-state index in [1.807, 2.05) is 0 Å². The molecule has 0 aromatic carbocycles. The molecule has 106 valence electrons. The largest absolute Gasteiger partial charge is 0.364 e. The first-order valence-electron chi connectivity index (χ1n) is 6.26. The minimum absolute atomic E-state index is 0.107. The molecule has 0 saturated carbocycles. The predicted molar refractivity (Wildman–Crippen MR) is 73.8 cm³/mol. The zero-order chi connectivity index (χ0) is 14.4. The maximum atomic E-state index is 11.1. The number of aryl methyl sites for hydroxylation is 1. The highest BCUT2D eigenvalue weighted by molar-refractivity contribution is 5.60. The fourth-order valence-corrected chi connectivity index (χ4v) is 1.79. The fraction of sp³-hybridized carbons (Fsp3) is 0.636. The summed E-state index contributed by atoms with van der Waals surface area (Å²) in [6.07, 6.45) is 2.01. The number of nitrogen functional groups attached to an aromatic ring is 1. The zero-order valence-corrected chi connectivity index (χ0v) is 11.4. The highest BCUT2D eigenvalue weighted by atomic mass is 16.6. The fourth-order valence-electron chi connectivity index (χ4n) is 1.79. The summed E-state index contributed by atoms with van der Waals surface area (Å²) < 4.78 is 0. The van der Waals surface area contributed by atoms with Crippen LogP contribution in [-0.4, -0.2) is 21.4 Å². The minimum atomic E-state index is -0.481. The van der Waals surface area contributed by atoms with Crippen LogP contribution in [0.1, 0.15) is 32.4 Å². The molecule has 8 nitrogen and oxygen atoms in total. The van der Waals surface area contributed by atoms with Crippen molar-refractivity contribution in [3.63, 3.8) is 0 Å². The van der Waals surface area contributed by atoms with Gasteiger partial charge in [0.1, 0.15) is 5.69 Å². The Morgan fingerprint density at radius 1 is 1.37 bits per heavy atom. The number of nitro groups is 1. The highest BCUT2D eigenvalue weighted by Crippen LogP contribution is 2.26. The van der Waals surface area contributed by atoms with Crippen LogP contribution in [0.15, 0.2) is 0 Å². The minimum Gasteiger partial charge on any atom is -0.364 e. The molecule has 0 aliphatic rings. The second-order valence-corrected chi connectivity index (χ2v) is 4.29. The molecule has 19 heavy (non-hydrogen) atoms. The number of hydrogen-bond donors (Lipinski definition) is 3. The molecule has 8 heteroatoms. The van der Waals surface area contributed by atoms with Gasteiger partial charge in [0.2, 0.25) is 11.8 Å². The lowest BCUT2D eigenvalue weighted by Crippen LogP contribution is -2.18. The van der Waals surface area contributed by atoms with Crippen molar-refractivity contribution in [3.8, 4) is 0 Å². The van der Waals surface area contributed by atoms with E-state index in [9.17, 15) is 10.1 Å². The topological polar surface area (TPSA) is 119 Å². The van der Waals surface area contributed by atoms with E-state index in [4.69, 9.17) is 5.84 Å². The molecule has 0 spiro atoms. The first-order chi connectivity index (χ1) is 9.03. The Bertz CT molecular complexity index is 447. The van der Waals surface area contributed by atoms with Gasteiger partial charge in [-0.25, -0.2) is 10.8 Å². The van der Waals surface area contributed by atoms with Gasteiger partial charge in [0.25, 0.3) is 0 Å². The Kier molecular flexibility index (Phi) is 5.43. The number of hydrogen-bond acceptors (Lipinski definition) is 7. The van der Waals surface area contributed by atoms with E-state index >= 15 is 0 Å². The summed E-state index contributed by atoms with van der Waals surface area (Å²) in [6.45, 7) is 6.36. The standard InChI is InChI=1S/C11H20N6O2/c1-4-8(5-2)6-13-10-9(17(18)19)7(3)14-11(15-10)16-12/h8H,4-6,12H2,1-3H3,(H2,13,14,15,16). The molecule has 1 aromatic rings. The van der Waals surface area contributed by atoms with Crippen LogP contribution in [0.25, 0.3) is 0 Å². The predicted octanol–water partition coefficient (Wildman–Crippen LogP) is 1.83. The van der Waals surface area contributed by atoms with Gasteiger partial charge in [-0.2, -0.15) is 4.98 Å². The van der Waals surface area contributed by atoms with Crippen molar-refractivity contribution in [3.05, 3.63) is 15.8 Å². The summed E-state index contributed by atoms with van der Waals surface area (Å²) in [7, 11) is 0. The number of hydrazine groups is 1. The summed E-state index contributed by atoms with van der Waals surface area (Å²) in [4.78, 5) is 18.5. The van der Waals surface area contributed by atoms with E-state index in [1.165, 1.54) is 0 Å². The third kappa shape index (κ3) is 3.75. The second kappa shape index (κ2) is 6.83. The first kappa shape index (κ1) is 15.1. The number of nitrogens with two attached hydrogens (primary N) is 1. The van der Waals surface area contributed by atoms with Crippen LogP contribution >= 0.6 is 0 Å². The van der Waals surface area contributed by atoms with E-state index in [2.05, 4.69) is 34.6 Å². The Labute approximate surface area is 111 Å². The average Bonchev–Trinajstić information content (AvgIpc) is 2.38. The Morgan fingerprint density at radius 2 is 2.00 bits per heavy atom. The number of nitrogens with zero attached hydrogens (tertiary/aromatic N) is 3. The third-order valence-corrected chi connectivity index (χ3v) is 3.08. The summed E-state index contributed by atoms with van der Waals surface area (Å²) in [5, 5.41) is 14.1. The van der Waals surface area contributed by atoms with Gasteiger partial charge in [-0.1, -0.05) is 26.7 Å². The molecule has 0 radical (unpaired) electrons. The van der Waals surface area contributed by atoms with E-state index in [-0.39, 0.29) is 23.1 Å². The van der Waals surface area contributed by atoms with Crippen LogP contribution in [0.4, 0.5) is 17.5 Å². The van der Waals surface area contributed by atoms with Crippen molar-refractivity contribution in [1.29, 1.82) is 0 Å². The monoisotopic (exact) mass is 268 g/mol. The van der Waals surface area contributed by atoms with Crippen molar-refractivity contribution in [2.75, 3.05) is 17.3 Å². The maximum Gasteiger partial charge on any atom is 0.332 e. The molecule has 1 heterocycles. The van der Waals surface area contributed by atoms with Gasteiger partial charge in [-0.3, -0.25) is 15.5 Å². The van der Waals surface area contributed by atoms with E-state index in [0.717, 1.165) is 12.8 Å².